The highest BCUT2D eigenvalue weighted by molar-refractivity contribution is 7.12. The van der Waals surface area contributed by atoms with Gasteiger partial charge in [0.2, 0.25) is 0 Å². The number of rotatable bonds is 5. The van der Waals surface area contributed by atoms with Gasteiger partial charge in [-0.2, -0.15) is 5.10 Å². The molecule has 0 aliphatic carbocycles. The highest BCUT2D eigenvalue weighted by Gasteiger charge is 2.18. The van der Waals surface area contributed by atoms with Crippen molar-refractivity contribution in [2.24, 2.45) is 5.10 Å². The fourth-order valence-corrected chi connectivity index (χ4v) is 3.03. The summed E-state index contributed by atoms with van der Waals surface area (Å²) in [7, 11) is 1.32. The predicted octanol–water partition coefficient (Wildman–Crippen LogP) is 4.91. The van der Waals surface area contributed by atoms with Crippen LogP contribution in [0.3, 0.4) is 0 Å². The second-order valence-corrected chi connectivity index (χ2v) is 6.17. The van der Waals surface area contributed by atoms with E-state index < -0.39 is 17.6 Å². The van der Waals surface area contributed by atoms with Crippen LogP contribution in [0, 0.1) is 11.6 Å². The van der Waals surface area contributed by atoms with Crippen molar-refractivity contribution in [3.8, 4) is 11.3 Å². The molecule has 8 heteroatoms. The van der Waals surface area contributed by atoms with E-state index in [1.165, 1.54) is 24.5 Å². The molecule has 1 N–H and O–H groups in total. The van der Waals surface area contributed by atoms with Crippen molar-refractivity contribution < 1.29 is 22.7 Å². The summed E-state index contributed by atoms with van der Waals surface area (Å²) in [4.78, 5) is 12.2. The van der Waals surface area contributed by atoms with Crippen molar-refractivity contribution in [1.82, 2.24) is 0 Å². The van der Waals surface area contributed by atoms with Crippen LogP contribution in [0.15, 0.2) is 51.3 Å². The first-order valence-electron chi connectivity index (χ1n) is 7.51. The molecule has 0 spiro atoms. The number of methoxy groups -OCH3 is 1. The molecule has 0 saturated heterocycles. The Balaban J connectivity index is 1.81. The van der Waals surface area contributed by atoms with Crippen LogP contribution < -0.4 is 5.43 Å². The zero-order valence-electron chi connectivity index (χ0n) is 13.9. The molecule has 134 valence electrons. The number of hydrogen-bond donors (Lipinski definition) is 1. The molecule has 2 heterocycles. The minimum absolute atomic E-state index is 0.0448. The Morgan fingerprint density at radius 1 is 1.23 bits per heavy atom. The van der Waals surface area contributed by atoms with Crippen molar-refractivity contribution in [1.29, 1.82) is 0 Å². The maximum Gasteiger partial charge on any atom is 0.348 e. The predicted molar refractivity (Wildman–Crippen MR) is 95.6 cm³/mol. The van der Waals surface area contributed by atoms with Gasteiger partial charge in [0, 0.05) is 11.6 Å². The number of ether oxygens (including phenoxy) is 1. The molecule has 5 nitrogen and oxygen atoms in total. The highest BCUT2D eigenvalue weighted by atomic mass is 32.1. The Morgan fingerprint density at radius 3 is 2.77 bits per heavy atom. The van der Waals surface area contributed by atoms with Crippen LogP contribution in [0.1, 0.15) is 22.4 Å². The summed E-state index contributed by atoms with van der Waals surface area (Å²) < 4.78 is 37.0. The molecular weight excluding hydrogens is 362 g/mol. The lowest BCUT2D eigenvalue weighted by Gasteiger charge is -2.03. The van der Waals surface area contributed by atoms with Crippen molar-refractivity contribution in [2.75, 3.05) is 12.5 Å². The Morgan fingerprint density at radius 2 is 2.04 bits per heavy atom. The van der Waals surface area contributed by atoms with Gasteiger partial charge in [0.05, 0.1) is 12.8 Å². The van der Waals surface area contributed by atoms with Gasteiger partial charge in [0.15, 0.2) is 11.6 Å². The van der Waals surface area contributed by atoms with Crippen molar-refractivity contribution >= 4 is 28.7 Å². The van der Waals surface area contributed by atoms with E-state index >= 15 is 0 Å². The molecule has 3 rings (SSSR count). The summed E-state index contributed by atoms with van der Waals surface area (Å²) in [5, 5.41) is 5.81. The van der Waals surface area contributed by atoms with E-state index in [1.807, 2.05) is 0 Å². The minimum Gasteiger partial charge on any atom is -0.465 e. The number of carbonyl (C=O) groups is 1. The van der Waals surface area contributed by atoms with E-state index in [2.05, 4.69) is 10.5 Å². The average Bonchev–Trinajstić information content (AvgIpc) is 3.29. The van der Waals surface area contributed by atoms with Crippen molar-refractivity contribution in [2.45, 2.75) is 6.92 Å². The van der Waals surface area contributed by atoms with Crippen LogP contribution >= 0.6 is 11.3 Å². The van der Waals surface area contributed by atoms with E-state index in [4.69, 9.17) is 9.15 Å². The maximum absolute atomic E-state index is 13.6. The molecule has 1 aromatic carbocycles. The highest BCUT2D eigenvalue weighted by Crippen LogP contribution is 2.30. The lowest BCUT2D eigenvalue weighted by molar-refractivity contribution is 0.0607. The monoisotopic (exact) mass is 376 g/mol. The first-order valence-corrected chi connectivity index (χ1v) is 8.39. The molecule has 0 aliphatic rings. The number of benzene rings is 1. The quantitative estimate of drug-likeness (QED) is 0.390. The average molecular weight is 376 g/mol. The van der Waals surface area contributed by atoms with Crippen LogP contribution in [0.5, 0.6) is 0 Å². The lowest BCUT2D eigenvalue weighted by atomic mass is 10.2. The van der Waals surface area contributed by atoms with Crippen LogP contribution in [0.2, 0.25) is 0 Å². The first kappa shape index (κ1) is 17.8. The number of thiophene rings is 1. The third-order valence-corrected chi connectivity index (χ3v) is 4.43. The molecular formula is C18H14F2N2O3S. The molecule has 26 heavy (non-hydrogen) atoms. The minimum atomic E-state index is -0.748. The van der Waals surface area contributed by atoms with Crippen molar-refractivity contribution in [3.63, 3.8) is 0 Å². The first-order chi connectivity index (χ1) is 12.5. The fourth-order valence-electron chi connectivity index (χ4n) is 2.21. The van der Waals surface area contributed by atoms with Gasteiger partial charge in [-0.3, -0.25) is 5.43 Å². The summed E-state index contributed by atoms with van der Waals surface area (Å²) >= 11 is 1.26. The molecule has 0 aliphatic heterocycles. The van der Waals surface area contributed by atoms with Gasteiger partial charge in [-0.1, -0.05) is 0 Å². The second kappa shape index (κ2) is 7.49. The van der Waals surface area contributed by atoms with E-state index in [0.717, 1.165) is 12.1 Å². The van der Waals surface area contributed by atoms with E-state index in [-0.39, 0.29) is 5.69 Å². The van der Waals surface area contributed by atoms with Gasteiger partial charge in [-0.25, -0.2) is 13.6 Å². The molecule has 0 saturated carbocycles. The normalized spacial score (nSPS) is 11.5. The van der Waals surface area contributed by atoms with Crippen LogP contribution in [-0.4, -0.2) is 18.8 Å². The third kappa shape index (κ3) is 3.65. The van der Waals surface area contributed by atoms with E-state index in [1.54, 1.807) is 30.5 Å². The lowest BCUT2D eigenvalue weighted by Crippen LogP contribution is -2.00. The largest absolute Gasteiger partial charge is 0.465 e. The van der Waals surface area contributed by atoms with Gasteiger partial charge in [0.1, 0.15) is 22.2 Å². The molecule has 0 bridgehead atoms. The number of halogens is 2. The number of nitrogens with zero attached hydrogens (tertiary/aromatic N) is 1. The summed E-state index contributed by atoms with van der Waals surface area (Å²) in [6.45, 7) is 1.67. The number of anilines is 1. The fraction of sp³-hybridized carbons (Fsp3) is 0.111. The zero-order valence-corrected chi connectivity index (χ0v) is 14.7. The van der Waals surface area contributed by atoms with Crippen LogP contribution in [0.4, 0.5) is 14.5 Å². The number of hydrogen-bond acceptors (Lipinski definition) is 6. The summed E-state index contributed by atoms with van der Waals surface area (Å²) in [6.07, 6.45) is 0. The SMILES string of the molecule is COC(=O)c1sccc1-c1ccc(/C(C)=N\Nc2ccc(F)cc2F)o1. The van der Waals surface area contributed by atoms with Gasteiger partial charge in [-0.15, -0.1) is 11.3 Å². The summed E-state index contributed by atoms with van der Waals surface area (Å²) in [5.41, 5.74) is 3.66. The molecule has 0 radical (unpaired) electrons. The van der Waals surface area contributed by atoms with Gasteiger partial charge < -0.3 is 9.15 Å². The van der Waals surface area contributed by atoms with Crippen LogP contribution in [0.25, 0.3) is 11.3 Å². The van der Waals surface area contributed by atoms with Crippen LogP contribution in [-0.2, 0) is 4.74 Å². The molecule has 0 atom stereocenters. The van der Waals surface area contributed by atoms with Gasteiger partial charge in [0.25, 0.3) is 0 Å². The van der Waals surface area contributed by atoms with Gasteiger partial charge >= 0.3 is 5.97 Å². The molecule has 3 aromatic rings. The molecule has 0 fully saturated rings. The van der Waals surface area contributed by atoms with E-state index in [0.29, 0.717) is 27.7 Å². The standard InChI is InChI=1S/C18H14F2N2O3S/c1-10(21-22-14-4-3-11(19)9-13(14)20)15-5-6-16(25-15)12-7-8-26-17(12)18(23)24-2/h3-9,22H,1-2H3/b21-10-. The Hall–Kier alpha value is -3.00. The van der Waals surface area contributed by atoms with Gasteiger partial charge in [-0.05, 0) is 42.6 Å². The molecule has 0 amide bonds. The third-order valence-electron chi connectivity index (χ3n) is 3.54. The number of carbonyl (C=O) groups excluding carboxylic acids is 1. The summed E-state index contributed by atoms with van der Waals surface area (Å²) in [5.74, 6) is -0.919. The Labute approximate surface area is 151 Å². The Bertz CT molecular complexity index is 978. The summed E-state index contributed by atoms with van der Waals surface area (Å²) in [6, 6.07) is 8.31. The Kier molecular flexibility index (Phi) is 5.13. The van der Waals surface area contributed by atoms with E-state index in [9.17, 15) is 13.6 Å². The number of furan rings is 1. The maximum atomic E-state index is 13.6. The number of esters is 1. The molecule has 2 aromatic heterocycles. The zero-order chi connectivity index (χ0) is 18.7. The number of hydrazone groups is 1. The molecule has 0 unspecified atom stereocenters. The topological polar surface area (TPSA) is 63.8 Å². The smallest absolute Gasteiger partial charge is 0.348 e. The van der Waals surface area contributed by atoms with Crippen molar-refractivity contribution in [3.05, 3.63) is 64.1 Å². The number of nitrogens with one attached hydrogen (secondary N) is 1. The second-order valence-electron chi connectivity index (χ2n) is 5.25.